The van der Waals surface area contributed by atoms with E-state index in [9.17, 15) is 5.11 Å². The largest absolute Gasteiger partial charge is 0.388 e. The fraction of sp³-hybridized carbons (Fsp3) is 0.944. The van der Waals surface area contributed by atoms with Crippen LogP contribution in [0.5, 0.6) is 0 Å². The number of thioether (sulfide) groups is 1. The first-order valence-corrected chi connectivity index (χ1v) is 10.6. The highest BCUT2D eigenvalue weighted by atomic mass is 127. The number of rotatable bonds is 3. The van der Waals surface area contributed by atoms with E-state index in [-0.39, 0.29) is 24.0 Å². The van der Waals surface area contributed by atoms with Crippen molar-refractivity contribution < 1.29 is 9.84 Å². The molecule has 0 aromatic heterocycles. The number of nitrogens with one attached hydrogen (secondary N) is 1. The van der Waals surface area contributed by atoms with Crippen LogP contribution in [0.4, 0.5) is 0 Å². The monoisotopic (exact) mass is 483 g/mol. The smallest absolute Gasteiger partial charge is 0.194 e. The van der Waals surface area contributed by atoms with Crippen molar-refractivity contribution in [3.63, 3.8) is 0 Å². The fourth-order valence-corrected chi connectivity index (χ4v) is 5.65. The lowest BCUT2D eigenvalue weighted by Gasteiger charge is -2.45. The lowest BCUT2D eigenvalue weighted by Crippen LogP contribution is -2.54. The van der Waals surface area contributed by atoms with E-state index in [0.29, 0.717) is 37.3 Å². The topological polar surface area (TPSA) is 57.1 Å². The molecule has 0 atom stereocenters. The molecule has 0 bridgehead atoms. The Morgan fingerprint density at radius 2 is 1.92 bits per heavy atom. The molecule has 3 fully saturated rings. The van der Waals surface area contributed by atoms with Gasteiger partial charge < -0.3 is 20.1 Å². The number of aliphatic hydroxyl groups is 1. The molecule has 1 aliphatic carbocycles. The highest BCUT2D eigenvalue weighted by Crippen LogP contribution is 2.42. The first kappa shape index (κ1) is 21.6. The van der Waals surface area contributed by atoms with Gasteiger partial charge in [0.15, 0.2) is 5.96 Å². The molecular weight excluding hydrogens is 449 g/mol. The fourth-order valence-electron chi connectivity index (χ4n) is 4.08. The third-order valence-corrected chi connectivity index (χ3v) is 7.13. The summed E-state index contributed by atoms with van der Waals surface area (Å²) in [5, 5.41) is 14.1. The van der Waals surface area contributed by atoms with Gasteiger partial charge in [-0.2, -0.15) is 11.8 Å². The van der Waals surface area contributed by atoms with E-state index < -0.39 is 5.60 Å². The highest BCUT2D eigenvalue weighted by Gasteiger charge is 2.38. The zero-order valence-corrected chi connectivity index (χ0v) is 18.6. The van der Waals surface area contributed by atoms with Crippen LogP contribution in [0, 0.1) is 0 Å². The molecule has 2 saturated heterocycles. The molecule has 0 amide bonds. The van der Waals surface area contributed by atoms with Crippen LogP contribution in [0.1, 0.15) is 51.9 Å². The Kier molecular flexibility index (Phi) is 8.62. The number of halogens is 1. The quantitative estimate of drug-likeness (QED) is 0.368. The molecule has 25 heavy (non-hydrogen) atoms. The van der Waals surface area contributed by atoms with Gasteiger partial charge >= 0.3 is 0 Å². The maximum atomic E-state index is 10.7. The maximum Gasteiger partial charge on any atom is 0.194 e. The molecule has 0 aromatic rings. The molecule has 1 saturated carbocycles. The number of guanidine groups is 1. The molecule has 2 N–H and O–H groups in total. The van der Waals surface area contributed by atoms with Crippen LogP contribution in [0.2, 0.25) is 0 Å². The highest BCUT2D eigenvalue weighted by molar-refractivity contribution is 14.0. The number of nitrogens with zero attached hydrogens (tertiary/aromatic N) is 2. The molecule has 0 radical (unpaired) electrons. The van der Waals surface area contributed by atoms with Crippen molar-refractivity contribution in [3.8, 4) is 0 Å². The van der Waals surface area contributed by atoms with Gasteiger partial charge in [0.2, 0.25) is 0 Å². The lowest BCUT2D eigenvalue weighted by molar-refractivity contribution is -0.0566. The Balaban J connectivity index is 0.00000225. The molecule has 0 unspecified atom stereocenters. The molecule has 146 valence electrons. The summed E-state index contributed by atoms with van der Waals surface area (Å²) in [6, 6.07) is 0. The SMILES string of the molecule is CCNC(=NCC1(O)CCOCC1)N1CCSC2(CCCCC2)C1.I. The standard InChI is InChI=1S/C18H33N3O2S.HI/c1-2-19-16(20-14-17(22)8-11-23-12-9-17)21-10-13-24-18(15-21)6-4-3-5-7-18;/h22H,2-15H2,1H3,(H,19,20);1H. The molecule has 5 nitrogen and oxygen atoms in total. The molecular formula is C18H34IN3O2S. The summed E-state index contributed by atoms with van der Waals surface area (Å²) >= 11 is 2.18. The van der Waals surface area contributed by atoms with Crippen LogP contribution in [0.25, 0.3) is 0 Å². The molecule has 7 heteroatoms. The van der Waals surface area contributed by atoms with Gasteiger partial charge in [-0.15, -0.1) is 24.0 Å². The zero-order valence-electron chi connectivity index (χ0n) is 15.5. The van der Waals surface area contributed by atoms with Crippen LogP contribution in [0.15, 0.2) is 4.99 Å². The van der Waals surface area contributed by atoms with Crippen molar-refractivity contribution in [2.75, 3.05) is 45.1 Å². The Hall–Kier alpha value is 0.270. The lowest BCUT2D eigenvalue weighted by atomic mass is 9.87. The van der Waals surface area contributed by atoms with Crippen molar-refractivity contribution in [1.82, 2.24) is 10.2 Å². The van der Waals surface area contributed by atoms with Gasteiger partial charge in [-0.25, -0.2) is 0 Å². The van der Waals surface area contributed by atoms with E-state index in [2.05, 4.69) is 28.9 Å². The van der Waals surface area contributed by atoms with Gasteiger partial charge in [0.1, 0.15) is 0 Å². The van der Waals surface area contributed by atoms with Crippen LogP contribution in [-0.2, 0) is 4.74 Å². The summed E-state index contributed by atoms with van der Waals surface area (Å²) in [7, 11) is 0. The molecule has 1 spiro atoms. The number of hydrogen-bond donors (Lipinski definition) is 2. The normalized spacial score (nSPS) is 26.2. The first-order chi connectivity index (χ1) is 11.6. The number of hydrogen-bond acceptors (Lipinski definition) is 4. The van der Waals surface area contributed by atoms with E-state index in [4.69, 9.17) is 9.73 Å². The Labute approximate surface area is 173 Å². The van der Waals surface area contributed by atoms with E-state index in [0.717, 1.165) is 25.6 Å². The van der Waals surface area contributed by atoms with Crippen LogP contribution >= 0.6 is 35.7 Å². The third kappa shape index (κ3) is 5.87. The van der Waals surface area contributed by atoms with Gasteiger partial charge in [-0.05, 0) is 19.8 Å². The summed E-state index contributed by atoms with van der Waals surface area (Å²) in [6.07, 6.45) is 8.20. The average molecular weight is 483 g/mol. The van der Waals surface area contributed by atoms with Crippen LogP contribution < -0.4 is 5.32 Å². The molecule has 3 rings (SSSR count). The van der Waals surface area contributed by atoms with Crippen LogP contribution in [-0.4, -0.2) is 71.5 Å². The van der Waals surface area contributed by atoms with Crippen LogP contribution in [0.3, 0.4) is 0 Å². The molecule has 2 heterocycles. The minimum absolute atomic E-state index is 0. The summed E-state index contributed by atoms with van der Waals surface area (Å²) in [6.45, 7) is 6.92. The van der Waals surface area contributed by atoms with E-state index in [1.165, 1.54) is 37.9 Å². The van der Waals surface area contributed by atoms with Gasteiger partial charge in [0.05, 0.1) is 12.1 Å². The maximum absolute atomic E-state index is 10.7. The zero-order chi connectivity index (χ0) is 16.9. The van der Waals surface area contributed by atoms with Gasteiger partial charge in [0.25, 0.3) is 0 Å². The predicted octanol–water partition coefficient (Wildman–Crippen LogP) is 2.86. The Bertz CT molecular complexity index is 433. The van der Waals surface area contributed by atoms with E-state index in [1.54, 1.807) is 0 Å². The first-order valence-electron chi connectivity index (χ1n) is 9.62. The van der Waals surface area contributed by atoms with Crippen molar-refractivity contribution in [2.24, 2.45) is 4.99 Å². The Morgan fingerprint density at radius 3 is 2.60 bits per heavy atom. The van der Waals surface area contributed by atoms with E-state index >= 15 is 0 Å². The van der Waals surface area contributed by atoms with Gasteiger partial charge in [-0.3, -0.25) is 4.99 Å². The van der Waals surface area contributed by atoms with Crippen molar-refractivity contribution >= 4 is 41.7 Å². The van der Waals surface area contributed by atoms with Crippen molar-refractivity contribution in [1.29, 1.82) is 0 Å². The van der Waals surface area contributed by atoms with E-state index in [1.807, 2.05) is 0 Å². The third-order valence-electron chi connectivity index (χ3n) is 5.59. The molecule has 2 aliphatic heterocycles. The minimum atomic E-state index is -0.689. The van der Waals surface area contributed by atoms with Crippen molar-refractivity contribution in [3.05, 3.63) is 0 Å². The van der Waals surface area contributed by atoms with Gasteiger partial charge in [-0.1, -0.05) is 19.3 Å². The molecule has 3 aliphatic rings. The molecule has 0 aromatic carbocycles. The number of aliphatic imine (C=N–C) groups is 1. The summed E-state index contributed by atoms with van der Waals surface area (Å²) < 4.78 is 5.81. The Morgan fingerprint density at radius 1 is 1.20 bits per heavy atom. The minimum Gasteiger partial charge on any atom is -0.388 e. The second-order valence-corrected chi connectivity index (χ2v) is 9.08. The second-order valence-electron chi connectivity index (χ2n) is 7.52. The summed E-state index contributed by atoms with van der Waals surface area (Å²) in [5.74, 6) is 2.17. The summed E-state index contributed by atoms with van der Waals surface area (Å²) in [4.78, 5) is 7.27. The average Bonchev–Trinajstić information content (AvgIpc) is 2.60. The van der Waals surface area contributed by atoms with Gasteiger partial charge in [0, 0.05) is 56.2 Å². The number of ether oxygens (including phenoxy) is 1. The summed E-state index contributed by atoms with van der Waals surface area (Å²) in [5.41, 5.74) is -0.689. The predicted molar refractivity (Wildman–Crippen MR) is 116 cm³/mol. The second kappa shape index (κ2) is 9.99. The van der Waals surface area contributed by atoms with Crippen molar-refractivity contribution in [2.45, 2.75) is 62.2 Å².